The summed E-state index contributed by atoms with van der Waals surface area (Å²) in [6, 6.07) is 18.0. The number of pyridine rings is 1. The van der Waals surface area contributed by atoms with Gasteiger partial charge in [0.2, 0.25) is 5.91 Å². The molecule has 1 aromatic heterocycles. The molecule has 0 aliphatic heterocycles. The molecule has 284 valence electrons. The van der Waals surface area contributed by atoms with Crippen LogP contribution in [0.3, 0.4) is 0 Å². The third-order valence-corrected chi connectivity index (χ3v) is 13.5. The molecule has 0 saturated carbocycles. The number of hydrogen-bond acceptors (Lipinski definition) is 6. The zero-order valence-electron chi connectivity index (χ0n) is 31.3. The molecule has 2 atom stereocenters. The SMILES string of the molecule is CC(C)C(NC(=O)Cn1ccc(C(=O)NC(C)(C)Cc2ccccc2)c(NC(=O)OCc2ccccc2)c1=O)C(O[Si](C)(C)C(C)(C)C)C(F)(F)F. The smallest absolute Gasteiger partial charge is 0.415 e. The Morgan fingerprint density at radius 1 is 0.865 bits per heavy atom. The van der Waals surface area contributed by atoms with E-state index < -0.39 is 78.8 Å². The molecule has 10 nitrogen and oxygen atoms in total. The maximum absolute atomic E-state index is 14.5. The summed E-state index contributed by atoms with van der Waals surface area (Å²) < 4.78 is 55.5. The van der Waals surface area contributed by atoms with Gasteiger partial charge in [0.15, 0.2) is 14.4 Å². The van der Waals surface area contributed by atoms with Crippen LogP contribution in [0, 0.1) is 5.92 Å². The minimum absolute atomic E-state index is 0.129. The molecule has 52 heavy (non-hydrogen) atoms. The van der Waals surface area contributed by atoms with Crippen molar-refractivity contribution in [3.8, 4) is 0 Å². The summed E-state index contributed by atoms with van der Waals surface area (Å²) in [7, 11) is -2.95. The van der Waals surface area contributed by atoms with Crippen LogP contribution in [0.15, 0.2) is 77.7 Å². The van der Waals surface area contributed by atoms with Crippen molar-refractivity contribution in [3.63, 3.8) is 0 Å². The summed E-state index contributed by atoms with van der Waals surface area (Å²) in [5, 5.41) is 7.18. The predicted molar refractivity (Wildman–Crippen MR) is 198 cm³/mol. The summed E-state index contributed by atoms with van der Waals surface area (Å²) >= 11 is 0. The predicted octanol–water partition coefficient (Wildman–Crippen LogP) is 7.44. The van der Waals surface area contributed by atoms with Gasteiger partial charge in [-0.25, -0.2) is 4.79 Å². The lowest BCUT2D eigenvalue weighted by Crippen LogP contribution is -2.59. The molecule has 1 heterocycles. The van der Waals surface area contributed by atoms with Crippen LogP contribution in [0.4, 0.5) is 23.7 Å². The molecular weight excluding hydrogens is 694 g/mol. The number of aromatic nitrogens is 1. The molecule has 14 heteroatoms. The molecular formula is C38H51F3N4O6Si. The normalized spacial score (nSPS) is 13.6. The van der Waals surface area contributed by atoms with Gasteiger partial charge in [-0.2, -0.15) is 13.2 Å². The van der Waals surface area contributed by atoms with Gasteiger partial charge in [0.25, 0.3) is 11.5 Å². The van der Waals surface area contributed by atoms with Crippen molar-refractivity contribution in [2.75, 3.05) is 5.32 Å². The minimum Gasteiger partial charge on any atom is -0.444 e. The molecule has 0 saturated heterocycles. The van der Waals surface area contributed by atoms with E-state index >= 15 is 0 Å². The van der Waals surface area contributed by atoms with Crippen molar-refractivity contribution in [1.29, 1.82) is 0 Å². The number of benzene rings is 2. The van der Waals surface area contributed by atoms with Gasteiger partial charge in [-0.1, -0.05) is 95.3 Å². The lowest BCUT2D eigenvalue weighted by Gasteiger charge is -2.42. The van der Waals surface area contributed by atoms with Gasteiger partial charge in [-0.15, -0.1) is 0 Å². The highest BCUT2D eigenvalue weighted by Crippen LogP contribution is 2.41. The van der Waals surface area contributed by atoms with Gasteiger partial charge in [0.1, 0.15) is 18.8 Å². The molecule has 0 spiro atoms. The Bertz CT molecular complexity index is 1740. The van der Waals surface area contributed by atoms with E-state index in [4.69, 9.17) is 9.16 Å². The molecule has 3 amide bonds. The number of anilines is 1. The lowest BCUT2D eigenvalue weighted by atomic mass is 9.94. The van der Waals surface area contributed by atoms with E-state index in [1.54, 1.807) is 71.1 Å². The summed E-state index contributed by atoms with van der Waals surface area (Å²) in [5.74, 6) is -2.27. The minimum atomic E-state index is -4.80. The summed E-state index contributed by atoms with van der Waals surface area (Å²) in [4.78, 5) is 53.8. The number of nitrogens with one attached hydrogen (secondary N) is 3. The van der Waals surface area contributed by atoms with Gasteiger partial charge in [-0.05, 0) is 61.5 Å². The Morgan fingerprint density at radius 3 is 1.94 bits per heavy atom. The quantitative estimate of drug-likeness (QED) is 0.147. The maximum Gasteiger partial charge on any atom is 0.415 e. The largest absolute Gasteiger partial charge is 0.444 e. The van der Waals surface area contributed by atoms with E-state index in [-0.39, 0.29) is 12.2 Å². The molecule has 2 aromatic carbocycles. The number of alkyl halides is 3. The second-order valence-electron chi connectivity index (χ2n) is 15.4. The van der Waals surface area contributed by atoms with E-state index in [0.717, 1.165) is 10.1 Å². The number of nitrogens with zero attached hydrogens (tertiary/aromatic N) is 1. The highest BCUT2D eigenvalue weighted by Gasteiger charge is 2.52. The fraction of sp³-hybridized carbons (Fsp3) is 0.474. The first-order valence-corrected chi connectivity index (χ1v) is 20.0. The van der Waals surface area contributed by atoms with Crippen LogP contribution in [-0.4, -0.2) is 54.7 Å². The van der Waals surface area contributed by atoms with Gasteiger partial charge in [0, 0.05) is 11.7 Å². The average Bonchev–Trinajstić information content (AvgIpc) is 3.03. The third kappa shape index (κ3) is 11.8. The monoisotopic (exact) mass is 744 g/mol. The second kappa shape index (κ2) is 16.9. The Kier molecular flexibility index (Phi) is 13.7. The molecule has 0 aliphatic carbocycles. The molecule has 0 aliphatic rings. The molecule has 2 unspecified atom stereocenters. The maximum atomic E-state index is 14.5. The van der Waals surface area contributed by atoms with Gasteiger partial charge >= 0.3 is 12.3 Å². The molecule has 0 bridgehead atoms. The molecule has 0 radical (unpaired) electrons. The Hall–Kier alpha value is -4.43. The van der Waals surface area contributed by atoms with E-state index in [1.807, 2.05) is 51.1 Å². The third-order valence-electron chi connectivity index (χ3n) is 9.03. The Morgan fingerprint density at radius 2 is 1.42 bits per heavy atom. The highest BCUT2D eigenvalue weighted by molar-refractivity contribution is 6.74. The van der Waals surface area contributed by atoms with Crippen LogP contribution in [-0.2, 0) is 33.5 Å². The second-order valence-corrected chi connectivity index (χ2v) is 20.2. The van der Waals surface area contributed by atoms with Crippen molar-refractivity contribution in [1.82, 2.24) is 15.2 Å². The van der Waals surface area contributed by atoms with Gasteiger partial charge in [-0.3, -0.25) is 19.7 Å². The van der Waals surface area contributed by atoms with Gasteiger partial charge < -0.3 is 24.4 Å². The summed E-state index contributed by atoms with van der Waals surface area (Å²) in [6.45, 7) is 14.7. The standard InChI is InChI=1S/C38H51F3N4O6Si/c1-25(2)30(32(38(39,40)41)51-52(8,9)36(3,4)5)42-29(46)23-45-21-20-28(33(47)44-37(6,7)22-26-16-12-10-13-17-26)31(34(45)48)43-35(49)50-24-27-18-14-11-15-19-27/h10-21,25,30,32H,22-24H2,1-9H3,(H,42,46)(H,43,49)(H,44,47). The van der Waals surface area contributed by atoms with Crippen LogP contribution >= 0.6 is 0 Å². The van der Waals surface area contributed by atoms with Crippen molar-refractivity contribution >= 4 is 31.9 Å². The molecule has 3 aromatic rings. The zero-order chi connectivity index (χ0) is 39.1. The van der Waals surface area contributed by atoms with Crippen LogP contribution in [0.25, 0.3) is 0 Å². The molecule has 3 N–H and O–H groups in total. The number of ether oxygens (including phenoxy) is 1. The van der Waals surface area contributed by atoms with Crippen molar-refractivity contribution < 1.29 is 36.7 Å². The summed E-state index contributed by atoms with van der Waals surface area (Å²) in [6.07, 6.45) is -6.49. The topological polar surface area (TPSA) is 128 Å². The Labute approximate surface area is 304 Å². The number of carbonyl (C=O) groups is 3. The van der Waals surface area contributed by atoms with Crippen LogP contribution in [0.5, 0.6) is 0 Å². The number of hydrogen-bond donors (Lipinski definition) is 3. The molecule has 0 fully saturated rings. The average molecular weight is 745 g/mol. The van der Waals surface area contributed by atoms with Crippen LogP contribution in [0.1, 0.15) is 70.0 Å². The Balaban J connectivity index is 1.93. The highest BCUT2D eigenvalue weighted by atomic mass is 28.4. The van der Waals surface area contributed by atoms with Crippen molar-refractivity contribution in [2.24, 2.45) is 5.92 Å². The number of rotatable bonds is 14. The first kappa shape index (κ1) is 42.0. The van der Waals surface area contributed by atoms with E-state index in [2.05, 4.69) is 16.0 Å². The summed E-state index contributed by atoms with van der Waals surface area (Å²) in [5.41, 5.74) is -0.748. The lowest BCUT2D eigenvalue weighted by molar-refractivity contribution is -0.210. The first-order chi connectivity index (χ1) is 24.0. The fourth-order valence-electron chi connectivity index (χ4n) is 5.21. The fourth-order valence-corrected chi connectivity index (χ4v) is 6.48. The first-order valence-electron chi connectivity index (χ1n) is 17.1. The number of halogens is 3. The van der Waals surface area contributed by atoms with E-state index in [1.165, 1.54) is 12.3 Å². The van der Waals surface area contributed by atoms with Crippen molar-refractivity contribution in [2.45, 2.75) is 110 Å². The van der Waals surface area contributed by atoms with Crippen LogP contribution < -0.4 is 21.5 Å². The van der Waals surface area contributed by atoms with Gasteiger partial charge in [0.05, 0.1) is 11.6 Å². The van der Waals surface area contributed by atoms with Crippen LogP contribution in [0.2, 0.25) is 18.1 Å². The van der Waals surface area contributed by atoms with E-state index in [0.29, 0.717) is 12.0 Å². The zero-order valence-corrected chi connectivity index (χ0v) is 32.3. The van der Waals surface area contributed by atoms with Crippen molar-refractivity contribution in [3.05, 3.63) is 100.0 Å². The number of amides is 3. The number of carbonyl (C=O) groups excluding carboxylic acids is 3. The molecule has 3 rings (SSSR count). The van der Waals surface area contributed by atoms with E-state index in [9.17, 15) is 32.3 Å².